The molecule has 2 N–H and O–H groups in total. The summed E-state index contributed by atoms with van der Waals surface area (Å²) in [6, 6.07) is 10.4. The maximum atomic E-state index is 12.3. The predicted molar refractivity (Wildman–Crippen MR) is 107 cm³/mol. The van der Waals surface area contributed by atoms with Gasteiger partial charge in [-0.2, -0.15) is 0 Å². The van der Waals surface area contributed by atoms with Crippen LogP contribution in [0.3, 0.4) is 0 Å². The highest BCUT2D eigenvalue weighted by Gasteiger charge is 2.16. The Morgan fingerprint density at radius 3 is 2.00 bits per heavy atom. The molecule has 0 fully saturated rings. The van der Waals surface area contributed by atoms with E-state index in [9.17, 15) is 4.79 Å². The van der Waals surface area contributed by atoms with Crippen molar-refractivity contribution in [2.45, 2.75) is 20.8 Å². The van der Waals surface area contributed by atoms with Crippen molar-refractivity contribution in [2.24, 2.45) is 0 Å². The van der Waals surface area contributed by atoms with E-state index in [1.54, 1.807) is 18.2 Å². The van der Waals surface area contributed by atoms with Crippen LogP contribution in [0.1, 0.15) is 20.8 Å². The van der Waals surface area contributed by atoms with E-state index in [1.807, 2.05) is 39.0 Å². The first-order valence-electron chi connectivity index (χ1n) is 8.47. The summed E-state index contributed by atoms with van der Waals surface area (Å²) in [7, 11) is 0. The number of amides is 2. The van der Waals surface area contributed by atoms with Crippen molar-refractivity contribution < 1.29 is 19.0 Å². The number of nitrogens with one attached hydrogen (secondary N) is 2. The number of halogens is 1. The zero-order valence-corrected chi connectivity index (χ0v) is 16.7. The van der Waals surface area contributed by atoms with Gasteiger partial charge in [-0.15, -0.1) is 0 Å². The minimum Gasteiger partial charge on any atom is -0.490 e. The lowest BCUT2D eigenvalue weighted by atomic mass is 10.2. The van der Waals surface area contributed by atoms with Gasteiger partial charge in [0.25, 0.3) is 0 Å². The molecule has 2 aromatic carbocycles. The van der Waals surface area contributed by atoms with E-state index in [4.69, 9.17) is 14.2 Å². The zero-order valence-electron chi connectivity index (χ0n) is 15.1. The maximum Gasteiger partial charge on any atom is 0.323 e. The number of rotatable bonds is 8. The Morgan fingerprint density at radius 2 is 1.46 bits per heavy atom. The molecule has 0 aliphatic rings. The summed E-state index contributed by atoms with van der Waals surface area (Å²) in [5.74, 6) is 1.59. The van der Waals surface area contributed by atoms with Crippen LogP contribution in [-0.4, -0.2) is 25.9 Å². The molecule has 0 bridgehead atoms. The molecule has 2 amide bonds. The highest BCUT2D eigenvalue weighted by molar-refractivity contribution is 9.10. The van der Waals surface area contributed by atoms with Gasteiger partial charge in [-0.1, -0.05) is 22.0 Å². The molecule has 0 radical (unpaired) electrons. The number of hydrogen-bond acceptors (Lipinski definition) is 4. The monoisotopic (exact) mass is 422 g/mol. The Bertz CT molecular complexity index is 725. The van der Waals surface area contributed by atoms with Crippen molar-refractivity contribution in [3.8, 4) is 17.2 Å². The van der Waals surface area contributed by atoms with E-state index < -0.39 is 0 Å². The fourth-order valence-corrected chi connectivity index (χ4v) is 2.72. The van der Waals surface area contributed by atoms with Gasteiger partial charge >= 0.3 is 6.03 Å². The number of carbonyl (C=O) groups is 1. The minimum absolute atomic E-state index is 0.364. The lowest BCUT2D eigenvalue weighted by molar-refractivity contribution is 0.260. The van der Waals surface area contributed by atoms with Crippen molar-refractivity contribution in [1.82, 2.24) is 0 Å². The lowest BCUT2D eigenvalue weighted by Crippen LogP contribution is -2.19. The maximum absolute atomic E-state index is 12.3. The molecule has 0 aliphatic heterocycles. The largest absolute Gasteiger partial charge is 0.490 e. The SMILES string of the molecule is CCOc1cc(NC(=O)Nc2cccc(Br)c2)cc(OCC)c1OCC. The van der Waals surface area contributed by atoms with Crippen molar-refractivity contribution in [3.05, 3.63) is 40.9 Å². The highest BCUT2D eigenvalue weighted by atomic mass is 79.9. The summed E-state index contributed by atoms with van der Waals surface area (Å²) in [5.41, 5.74) is 1.23. The van der Waals surface area contributed by atoms with Gasteiger partial charge in [0.2, 0.25) is 5.75 Å². The van der Waals surface area contributed by atoms with Gasteiger partial charge in [-0.05, 0) is 39.0 Å². The summed E-state index contributed by atoms with van der Waals surface area (Å²) >= 11 is 3.38. The molecule has 0 heterocycles. The molecule has 0 atom stereocenters. The summed E-state index contributed by atoms with van der Waals surface area (Å²) in [5, 5.41) is 5.58. The topological polar surface area (TPSA) is 68.8 Å². The normalized spacial score (nSPS) is 10.2. The molecule has 140 valence electrons. The van der Waals surface area contributed by atoms with Crippen LogP contribution in [0.2, 0.25) is 0 Å². The number of hydrogen-bond donors (Lipinski definition) is 2. The van der Waals surface area contributed by atoms with Crippen LogP contribution in [0.5, 0.6) is 17.2 Å². The predicted octanol–water partition coefficient (Wildman–Crippen LogP) is 5.29. The third kappa shape index (κ3) is 5.56. The first kappa shape index (κ1) is 19.9. The molecule has 0 aliphatic carbocycles. The van der Waals surface area contributed by atoms with Crippen molar-refractivity contribution in [1.29, 1.82) is 0 Å². The first-order chi connectivity index (χ1) is 12.6. The van der Waals surface area contributed by atoms with Gasteiger partial charge in [-0.25, -0.2) is 4.79 Å². The molecule has 0 saturated heterocycles. The van der Waals surface area contributed by atoms with Crippen LogP contribution in [0.15, 0.2) is 40.9 Å². The fraction of sp³-hybridized carbons (Fsp3) is 0.316. The van der Waals surface area contributed by atoms with Crippen molar-refractivity contribution in [2.75, 3.05) is 30.5 Å². The third-order valence-corrected chi connectivity index (χ3v) is 3.74. The average Bonchev–Trinajstić information content (AvgIpc) is 2.58. The molecule has 0 spiro atoms. The Morgan fingerprint density at radius 1 is 0.885 bits per heavy atom. The van der Waals surface area contributed by atoms with E-state index in [-0.39, 0.29) is 6.03 Å². The van der Waals surface area contributed by atoms with E-state index in [0.717, 1.165) is 4.47 Å². The summed E-state index contributed by atoms with van der Waals surface area (Å²) in [6.07, 6.45) is 0. The van der Waals surface area contributed by atoms with Gasteiger partial charge in [0.05, 0.1) is 25.5 Å². The molecular formula is C19H23BrN2O4. The van der Waals surface area contributed by atoms with Gasteiger partial charge in [0.15, 0.2) is 11.5 Å². The summed E-state index contributed by atoms with van der Waals surface area (Å²) in [4.78, 5) is 12.3. The number of urea groups is 1. The lowest BCUT2D eigenvalue weighted by Gasteiger charge is -2.17. The Kier molecular flexibility index (Phi) is 7.59. The Balaban J connectivity index is 2.22. The second-order valence-corrected chi connectivity index (χ2v) is 6.11. The molecule has 0 aromatic heterocycles. The average molecular weight is 423 g/mol. The van der Waals surface area contributed by atoms with E-state index in [0.29, 0.717) is 48.4 Å². The number of benzene rings is 2. The van der Waals surface area contributed by atoms with Crippen LogP contribution in [0.25, 0.3) is 0 Å². The molecular weight excluding hydrogens is 400 g/mol. The summed E-state index contributed by atoms with van der Waals surface area (Å²) in [6.45, 7) is 7.09. The number of anilines is 2. The molecule has 2 aromatic rings. The number of carbonyl (C=O) groups excluding carboxylic acids is 1. The van der Waals surface area contributed by atoms with Gasteiger partial charge in [-0.3, -0.25) is 0 Å². The molecule has 0 unspecified atom stereocenters. The smallest absolute Gasteiger partial charge is 0.323 e. The highest BCUT2D eigenvalue weighted by Crippen LogP contribution is 2.40. The summed E-state index contributed by atoms with van der Waals surface area (Å²) < 4.78 is 17.8. The van der Waals surface area contributed by atoms with E-state index >= 15 is 0 Å². The quantitative estimate of drug-likeness (QED) is 0.606. The second-order valence-electron chi connectivity index (χ2n) is 5.19. The van der Waals surface area contributed by atoms with Gasteiger partial charge in [0.1, 0.15) is 0 Å². The molecule has 2 rings (SSSR count). The Hall–Kier alpha value is -2.41. The van der Waals surface area contributed by atoms with Crippen LogP contribution >= 0.6 is 15.9 Å². The van der Waals surface area contributed by atoms with E-state index in [2.05, 4.69) is 26.6 Å². The molecule has 0 saturated carbocycles. The van der Waals surface area contributed by atoms with Crippen molar-refractivity contribution in [3.63, 3.8) is 0 Å². The zero-order chi connectivity index (χ0) is 18.9. The van der Waals surface area contributed by atoms with Crippen molar-refractivity contribution >= 4 is 33.3 Å². The standard InChI is InChI=1S/C19H23BrN2O4/c1-4-24-16-11-15(12-17(25-5-2)18(16)26-6-3)22-19(23)21-14-9-7-8-13(20)10-14/h7-12H,4-6H2,1-3H3,(H2,21,22,23). The van der Waals surface area contributed by atoms with E-state index in [1.165, 1.54) is 0 Å². The fourth-order valence-electron chi connectivity index (χ4n) is 2.32. The Labute approximate surface area is 162 Å². The minimum atomic E-state index is -0.364. The molecule has 7 heteroatoms. The van der Waals surface area contributed by atoms with Crippen LogP contribution in [0, 0.1) is 0 Å². The third-order valence-electron chi connectivity index (χ3n) is 3.25. The molecule has 26 heavy (non-hydrogen) atoms. The van der Waals surface area contributed by atoms with Crippen LogP contribution in [-0.2, 0) is 0 Å². The first-order valence-corrected chi connectivity index (χ1v) is 9.26. The van der Waals surface area contributed by atoms with Gasteiger partial charge < -0.3 is 24.8 Å². The van der Waals surface area contributed by atoms with Gasteiger partial charge in [0, 0.05) is 22.3 Å². The molecule has 6 nitrogen and oxygen atoms in total. The number of ether oxygens (including phenoxy) is 3. The van der Waals surface area contributed by atoms with Crippen LogP contribution < -0.4 is 24.8 Å². The second kappa shape index (κ2) is 9.91. The van der Waals surface area contributed by atoms with Crippen LogP contribution in [0.4, 0.5) is 16.2 Å².